The fourth-order valence-electron chi connectivity index (χ4n) is 1.03. The van der Waals surface area contributed by atoms with Crippen LogP contribution in [0.2, 0.25) is 6.04 Å². The molecule has 0 heterocycles. The van der Waals surface area contributed by atoms with E-state index in [-0.39, 0.29) is 0 Å². The van der Waals surface area contributed by atoms with E-state index in [1.165, 1.54) is 0 Å². The molecule has 0 aliphatic carbocycles. The van der Waals surface area contributed by atoms with Gasteiger partial charge in [-0.25, -0.2) is 0 Å². The monoisotopic (exact) mass is 210 g/mol. The lowest BCUT2D eigenvalue weighted by atomic mass is 10.4. The van der Waals surface area contributed by atoms with E-state index < -0.39 is 20.9 Å². The Morgan fingerprint density at radius 2 is 2.08 bits per heavy atom. The predicted molar refractivity (Wildman–Crippen MR) is 55.1 cm³/mol. The molecular formula is C7H18O3SSi. The van der Waals surface area contributed by atoms with Gasteiger partial charge < -0.3 is 14.6 Å². The SMILES string of the molecule is CO[SiH](CCCS)C(O)C(C)O. The molecule has 0 aliphatic rings. The molecule has 0 bridgehead atoms. The van der Waals surface area contributed by atoms with Crippen LogP contribution in [0.5, 0.6) is 0 Å². The molecule has 0 aliphatic heterocycles. The third-order valence-corrected chi connectivity index (χ3v) is 5.04. The molecule has 2 N–H and O–H groups in total. The van der Waals surface area contributed by atoms with E-state index in [1.54, 1.807) is 14.0 Å². The number of aliphatic hydroxyl groups excluding tert-OH is 2. The van der Waals surface area contributed by atoms with Gasteiger partial charge in [-0.2, -0.15) is 12.6 Å². The Hall–Kier alpha value is 0.447. The fourth-order valence-corrected chi connectivity index (χ4v) is 3.64. The molecule has 5 heteroatoms. The Kier molecular flexibility index (Phi) is 7.17. The van der Waals surface area contributed by atoms with Crippen molar-refractivity contribution in [1.82, 2.24) is 0 Å². The maximum absolute atomic E-state index is 9.47. The first-order valence-electron chi connectivity index (χ1n) is 4.13. The van der Waals surface area contributed by atoms with Crippen LogP contribution in [0.25, 0.3) is 0 Å². The van der Waals surface area contributed by atoms with Crippen LogP contribution in [0.15, 0.2) is 0 Å². The minimum atomic E-state index is -1.63. The second-order valence-electron chi connectivity index (χ2n) is 2.87. The molecule has 0 saturated heterocycles. The summed E-state index contributed by atoms with van der Waals surface area (Å²) in [6.07, 6.45) is 0.263. The Morgan fingerprint density at radius 1 is 1.50 bits per heavy atom. The maximum atomic E-state index is 9.47. The molecule has 0 spiro atoms. The quantitative estimate of drug-likeness (QED) is 0.426. The van der Waals surface area contributed by atoms with Crippen molar-refractivity contribution in [2.24, 2.45) is 0 Å². The Bertz CT molecular complexity index is 113. The second-order valence-corrected chi connectivity index (χ2v) is 6.13. The number of aliphatic hydroxyl groups is 2. The largest absolute Gasteiger partial charge is 0.420 e. The zero-order chi connectivity index (χ0) is 9.56. The Morgan fingerprint density at radius 3 is 2.42 bits per heavy atom. The van der Waals surface area contributed by atoms with Gasteiger partial charge in [-0.05, 0) is 25.1 Å². The van der Waals surface area contributed by atoms with E-state index in [1.807, 2.05) is 0 Å². The molecule has 0 aromatic rings. The first-order valence-corrected chi connectivity index (χ1v) is 6.72. The molecule has 0 aromatic heterocycles. The molecule has 0 aromatic carbocycles. The molecule has 3 unspecified atom stereocenters. The average molecular weight is 210 g/mol. The summed E-state index contributed by atoms with van der Waals surface area (Å²) < 4.78 is 5.17. The summed E-state index contributed by atoms with van der Waals surface area (Å²) in [4.78, 5) is 0. The van der Waals surface area contributed by atoms with Crippen LogP contribution in [-0.2, 0) is 4.43 Å². The van der Waals surface area contributed by atoms with Gasteiger partial charge in [0, 0.05) is 7.11 Å². The van der Waals surface area contributed by atoms with Crippen molar-refractivity contribution in [2.45, 2.75) is 31.2 Å². The highest BCUT2D eigenvalue weighted by Gasteiger charge is 2.24. The first-order chi connectivity index (χ1) is 5.63. The molecular weight excluding hydrogens is 192 g/mol. The van der Waals surface area contributed by atoms with E-state index in [9.17, 15) is 5.11 Å². The van der Waals surface area contributed by atoms with Crippen LogP contribution in [0.3, 0.4) is 0 Å². The van der Waals surface area contributed by atoms with Crippen LogP contribution in [0, 0.1) is 0 Å². The van der Waals surface area contributed by atoms with E-state index in [2.05, 4.69) is 12.6 Å². The van der Waals surface area contributed by atoms with Gasteiger partial charge in [0.15, 0.2) is 0 Å². The maximum Gasteiger partial charge on any atom is 0.207 e. The van der Waals surface area contributed by atoms with Crippen LogP contribution in [0.1, 0.15) is 13.3 Å². The van der Waals surface area contributed by atoms with Crippen molar-refractivity contribution >= 4 is 21.7 Å². The smallest absolute Gasteiger partial charge is 0.207 e. The van der Waals surface area contributed by atoms with Gasteiger partial charge in [0.2, 0.25) is 9.04 Å². The molecule has 0 amide bonds. The summed E-state index contributed by atoms with van der Waals surface area (Å²) in [5.74, 6) is 0.805. The Labute approximate surface area is 80.9 Å². The van der Waals surface area contributed by atoms with Crippen molar-refractivity contribution in [3.05, 3.63) is 0 Å². The van der Waals surface area contributed by atoms with Gasteiger partial charge in [0.1, 0.15) is 0 Å². The van der Waals surface area contributed by atoms with Gasteiger partial charge in [0.05, 0.1) is 11.8 Å². The van der Waals surface area contributed by atoms with E-state index in [4.69, 9.17) is 9.53 Å². The second kappa shape index (κ2) is 6.91. The summed E-state index contributed by atoms with van der Waals surface area (Å²) >= 11 is 4.08. The normalized spacial score (nSPS) is 18.8. The lowest BCUT2D eigenvalue weighted by Crippen LogP contribution is -2.40. The highest BCUT2D eigenvalue weighted by molar-refractivity contribution is 7.80. The lowest BCUT2D eigenvalue weighted by Gasteiger charge is -2.21. The van der Waals surface area contributed by atoms with E-state index in [0.717, 1.165) is 18.2 Å². The first kappa shape index (κ1) is 12.4. The van der Waals surface area contributed by atoms with Gasteiger partial charge in [-0.1, -0.05) is 0 Å². The summed E-state index contributed by atoms with van der Waals surface area (Å²) in [6.45, 7) is 1.59. The number of hydrogen-bond acceptors (Lipinski definition) is 4. The van der Waals surface area contributed by atoms with Crippen LogP contribution in [-0.4, -0.2) is 43.9 Å². The minimum Gasteiger partial charge on any atom is -0.420 e. The number of hydrogen-bond donors (Lipinski definition) is 3. The van der Waals surface area contributed by atoms with Gasteiger partial charge in [-0.15, -0.1) is 0 Å². The fraction of sp³-hybridized carbons (Fsp3) is 1.00. The minimum absolute atomic E-state index is 0.658. The van der Waals surface area contributed by atoms with Crippen LogP contribution in [0.4, 0.5) is 0 Å². The molecule has 0 radical (unpaired) electrons. The predicted octanol–water partition coefficient (Wildman–Crippen LogP) is -0.0426. The molecule has 3 nitrogen and oxygen atoms in total. The van der Waals surface area contributed by atoms with Crippen molar-refractivity contribution in [1.29, 1.82) is 0 Å². The standard InChI is InChI=1S/C7H18O3SSi/c1-6(8)7(9)12(10-2)5-3-4-11/h6-9,11-12H,3-5H2,1-2H3. The summed E-state index contributed by atoms with van der Waals surface area (Å²) in [7, 11) is -0.0277. The zero-order valence-corrected chi connectivity index (χ0v) is 9.65. The van der Waals surface area contributed by atoms with Crippen LogP contribution < -0.4 is 0 Å². The third kappa shape index (κ3) is 4.47. The summed E-state index contributed by atoms with van der Waals surface area (Å²) in [6, 6.07) is 0.867. The molecule has 0 saturated carbocycles. The van der Waals surface area contributed by atoms with Crippen molar-refractivity contribution in [3.63, 3.8) is 0 Å². The number of thiol groups is 1. The number of rotatable bonds is 6. The Balaban J connectivity index is 3.79. The van der Waals surface area contributed by atoms with Crippen molar-refractivity contribution in [2.75, 3.05) is 12.9 Å². The summed E-state index contributed by atoms with van der Waals surface area (Å²) in [5, 5.41) is 18.6. The molecule has 12 heavy (non-hydrogen) atoms. The van der Waals surface area contributed by atoms with Crippen molar-refractivity contribution < 1.29 is 14.6 Å². The van der Waals surface area contributed by atoms with Gasteiger partial charge >= 0.3 is 0 Å². The zero-order valence-electron chi connectivity index (χ0n) is 7.60. The lowest BCUT2D eigenvalue weighted by molar-refractivity contribution is 0.0672. The molecule has 0 fully saturated rings. The molecule has 3 atom stereocenters. The van der Waals surface area contributed by atoms with Crippen molar-refractivity contribution in [3.8, 4) is 0 Å². The van der Waals surface area contributed by atoms with E-state index in [0.29, 0.717) is 0 Å². The average Bonchev–Trinajstić information content (AvgIpc) is 2.05. The highest BCUT2D eigenvalue weighted by atomic mass is 32.1. The van der Waals surface area contributed by atoms with Gasteiger partial charge in [-0.3, -0.25) is 0 Å². The third-order valence-electron chi connectivity index (χ3n) is 1.82. The molecule has 0 rings (SSSR count). The molecule has 74 valence electrons. The highest BCUT2D eigenvalue weighted by Crippen LogP contribution is 2.07. The summed E-state index contributed by atoms with van der Waals surface area (Å²) in [5.41, 5.74) is -0.658. The van der Waals surface area contributed by atoms with E-state index >= 15 is 0 Å². The van der Waals surface area contributed by atoms with Gasteiger partial charge in [0.25, 0.3) is 0 Å². The van der Waals surface area contributed by atoms with Crippen LogP contribution >= 0.6 is 12.6 Å². The topological polar surface area (TPSA) is 49.7 Å².